The van der Waals surface area contributed by atoms with E-state index < -0.39 is 0 Å². The molecule has 2 amide bonds. The van der Waals surface area contributed by atoms with Crippen molar-refractivity contribution in [3.05, 3.63) is 30.3 Å². The highest BCUT2D eigenvalue weighted by atomic mass is 16.2. The van der Waals surface area contributed by atoms with Gasteiger partial charge >= 0.3 is 0 Å². The third-order valence-corrected chi connectivity index (χ3v) is 6.79. The lowest BCUT2D eigenvalue weighted by Gasteiger charge is -2.55. The van der Waals surface area contributed by atoms with Gasteiger partial charge in [-0.2, -0.15) is 5.10 Å². The average Bonchev–Trinajstić information content (AvgIpc) is 2.62. The Balaban J connectivity index is 1.30. The molecule has 5 fully saturated rings. The number of hydrogen-bond acceptors (Lipinski definition) is 3. The molecule has 4 saturated carbocycles. The number of piperazine rings is 1. The third kappa shape index (κ3) is 2.74. The molecule has 4 aliphatic carbocycles. The van der Waals surface area contributed by atoms with E-state index in [1.54, 1.807) is 4.90 Å². The van der Waals surface area contributed by atoms with Gasteiger partial charge < -0.3 is 4.90 Å². The number of rotatable bonds is 3. The van der Waals surface area contributed by atoms with Gasteiger partial charge in [-0.3, -0.25) is 9.59 Å². The molecule has 1 saturated heterocycles. The SMILES string of the molecule is O=C1CN(c2ccccc2)C(=O)CN1/N=C/C12CC3CC(CC(C3)C1)C2. The van der Waals surface area contributed by atoms with Gasteiger partial charge in [0.1, 0.15) is 13.1 Å². The first kappa shape index (κ1) is 16.0. The van der Waals surface area contributed by atoms with Crippen molar-refractivity contribution in [2.45, 2.75) is 38.5 Å². The Morgan fingerprint density at radius 2 is 1.50 bits per heavy atom. The number of benzene rings is 1. The summed E-state index contributed by atoms with van der Waals surface area (Å²) in [6.07, 6.45) is 9.86. The number of hydrazone groups is 1. The quantitative estimate of drug-likeness (QED) is 0.786. The Labute approximate surface area is 154 Å². The van der Waals surface area contributed by atoms with Gasteiger partial charge in [0.15, 0.2) is 0 Å². The van der Waals surface area contributed by atoms with Gasteiger partial charge in [0.25, 0.3) is 5.91 Å². The predicted molar refractivity (Wildman–Crippen MR) is 99.6 cm³/mol. The summed E-state index contributed by atoms with van der Waals surface area (Å²) >= 11 is 0. The molecule has 0 radical (unpaired) electrons. The Morgan fingerprint density at radius 1 is 0.885 bits per heavy atom. The smallest absolute Gasteiger partial charge is 0.263 e. The lowest BCUT2D eigenvalue weighted by atomic mass is 9.50. The normalized spacial score (nSPS) is 36.4. The highest BCUT2D eigenvalue weighted by Gasteiger charge is 2.50. The minimum atomic E-state index is -0.102. The van der Waals surface area contributed by atoms with Crippen molar-refractivity contribution in [2.75, 3.05) is 18.0 Å². The predicted octanol–water partition coefficient (Wildman–Crippen LogP) is 3.06. The molecule has 0 unspecified atom stereocenters. The van der Waals surface area contributed by atoms with E-state index in [1.807, 2.05) is 36.5 Å². The molecule has 6 rings (SSSR count). The number of para-hydroxylation sites is 1. The van der Waals surface area contributed by atoms with E-state index in [-0.39, 0.29) is 30.3 Å². The van der Waals surface area contributed by atoms with Crippen LogP contribution >= 0.6 is 0 Å². The zero-order chi connectivity index (χ0) is 17.7. The average molecular weight is 351 g/mol. The minimum absolute atomic E-state index is 0.0383. The second kappa shape index (κ2) is 5.93. The summed E-state index contributed by atoms with van der Waals surface area (Å²) in [6, 6.07) is 9.39. The van der Waals surface area contributed by atoms with Crippen LogP contribution in [-0.4, -0.2) is 36.1 Å². The fraction of sp³-hybridized carbons (Fsp3) is 0.571. The lowest BCUT2D eigenvalue weighted by molar-refractivity contribution is -0.138. The Kier molecular flexibility index (Phi) is 3.66. The van der Waals surface area contributed by atoms with Crippen LogP contribution in [0.2, 0.25) is 0 Å². The number of carbonyl (C=O) groups is 2. The maximum absolute atomic E-state index is 12.6. The maximum Gasteiger partial charge on any atom is 0.263 e. The molecular formula is C21H25N3O2. The van der Waals surface area contributed by atoms with Crippen LogP contribution in [0.4, 0.5) is 5.69 Å². The summed E-state index contributed by atoms with van der Waals surface area (Å²) in [5, 5.41) is 5.93. The molecule has 136 valence electrons. The maximum atomic E-state index is 12.6. The number of nitrogens with zero attached hydrogens (tertiary/aromatic N) is 3. The topological polar surface area (TPSA) is 53.0 Å². The van der Waals surface area contributed by atoms with Crippen LogP contribution in [0.5, 0.6) is 0 Å². The van der Waals surface area contributed by atoms with Crippen molar-refractivity contribution in [2.24, 2.45) is 28.3 Å². The molecule has 0 aromatic heterocycles. The summed E-state index contributed by atoms with van der Waals surface area (Å²) in [5.74, 6) is 2.37. The summed E-state index contributed by atoms with van der Waals surface area (Å²) in [5.41, 5.74) is 0.949. The first-order valence-electron chi connectivity index (χ1n) is 9.81. The van der Waals surface area contributed by atoms with Crippen LogP contribution in [0.15, 0.2) is 35.4 Å². The molecule has 5 nitrogen and oxygen atoms in total. The van der Waals surface area contributed by atoms with Gasteiger partial charge in [0.2, 0.25) is 5.91 Å². The summed E-state index contributed by atoms with van der Waals surface area (Å²) in [4.78, 5) is 26.6. The van der Waals surface area contributed by atoms with Gasteiger partial charge in [0, 0.05) is 17.3 Å². The van der Waals surface area contributed by atoms with Crippen molar-refractivity contribution < 1.29 is 9.59 Å². The first-order valence-corrected chi connectivity index (χ1v) is 9.81. The van der Waals surface area contributed by atoms with E-state index in [0.717, 1.165) is 23.4 Å². The van der Waals surface area contributed by atoms with E-state index in [1.165, 1.54) is 43.5 Å². The second-order valence-corrected chi connectivity index (χ2v) is 8.79. The highest BCUT2D eigenvalue weighted by molar-refractivity contribution is 6.04. The minimum Gasteiger partial charge on any atom is -0.301 e. The highest BCUT2D eigenvalue weighted by Crippen LogP contribution is 2.59. The van der Waals surface area contributed by atoms with Crippen LogP contribution in [0.3, 0.4) is 0 Å². The van der Waals surface area contributed by atoms with Crippen LogP contribution < -0.4 is 4.90 Å². The number of anilines is 1. The van der Waals surface area contributed by atoms with Crippen molar-refractivity contribution in [1.29, 1.82) is 0 Å². The zero-order valence-electron chi connectivity index (χ0n) is 15.0. The molecule has 0 N–H and O–H groups in total. The fourth-order valence-corrected chi connectivity index (χ4v) is 6.08. The van der Waals surface area contributed by atoms with Crippen LogP contribution in [0.25, 0.3) is 0 Å². The molecule has 1 aromatic rings. The van der Waals surface area contributed by atoms with Gasteiger partial charge in [-0.05, 0) is 68.4 Å². The third-order valence-electron chi connectivity index (χ3n) is 6.79. The summed E-state index contributed by atoms with van der Waals surface area (Å²) < 4.78 is 0. The van der Waals surface area contributed by atoms with Gasteiger partial charge in [0.05, 0.1) is 0 Å². The fourth-order valence-electron chi connectivity index (χ4n) is 6.08. The molecule has 26 heavy (non-hydrogen) atoms. The molecule has 1 aliphatic heterocycles. The largest absolute Gasteiger partial charge is 0.301 e. The van der Waals surface area contributed by atoms with Gasteiger partial charge in [-0.25, -0.2) is 5.01 Å². The lowest BCUT2D eigenvalue weighted by Crippen LogP contribution is -2.52. The monoisotopic (exact) mass is 351 g/mol. The van der Waals surface area contributed by atoms with Crippen LogP contribution in [0, 0.1) is 23.2 Å². The van der Waals surface area contributed by atoms with Gasteiger partial charge in [-0.1, -0.05) is 18.2 Å². The number of hydrogen-bond donors (Lipinski definition) is 0. The molecule has 1 heterocycles. The molecule has 4 bridgehead atoms. The Bertz CT molecular complexity index is 722. The Hall–Kier alpha value is -2.17. The summed E-state index contributed by atoms with van der Waals surface area (Å²) in [7, 11) is 0. The molecule has 5 aliphatic rings. The van der Waals surface area contributed by atoms with Gasteiger partial charge in [-0.15, -0.1) is 0 Å². The second-order valence-electron chi connectivity index (χ2n) is 8.79. The van der Waals surface area contributed by atoms with E-state index in [4.69, 9.17) is 0 Å². The van der Waals surface area contributed by atoms with Crippen molar-refractivity contribution in [1.82, 2.24) is 5.01 Å². The van der Waals surface area contributed by atoms with E-state index in [0.29, 0.717) is 0 Å². The van der Waals surface area contributed by atoms with E-state index in [9.17, 15) is 9.59 Å². The number of carbonyl (C=O) groups excluding carboxylic acids is 2. The van der Waals surface area contributed by atoms with E-state index >= 15 is 0 Å². The van der Waals surface area contributed by atoms with Crippen molar-refractivity contribution in [3.63, 3.8) is 0 Å². The van der Waals surface area contributed by atoms with Crippen molar-refractivity contribution >= 4 is 23.7 Å². The molecular weight excluding hydrogens is 326 g/mol. The standard InChI is InChI=1S/C21H25N3O2/c25-19-13-24(20(26)12-23(19)18-4-2-1-3-5-18)22-14-21-9-15-6-16(10-21)8-17(7-15)11-21/h1-5,14-17H,6-13H2/b22-14+. The molecule has 1 aromatic carbocycles. The van der Waals surface area contributed by atoms with Crippen LogP contribution in [-0.2, 0) is 9.59 Å². The van der Waals surface area contributed by atoms with Crippen LogP contribution in [0.1, 0.15) is 38.5 Å². The summed E-state index contributed by atoms with van der Waals surface area (Å²) in [6.45, 7) is 0.109. The number of amides is 2. The Morgan fingerprint density at radius 3 is 2.12 bits per heavy atom. The zero-order valence-corrected chi connectivity index (χ0v) is 15.0. The molecule has 0 spiro atoms. The van der Waals surface area contributed by atoms with Crippen molar-refractivity contribution in [3.8, 4) is 0 Å². The molecule has 0 atom stereocenters. The van der Waals surface area contributed by atoms with E-state index in [2.05, 4.69) is 5.10 Å². The molecule has 5 heteroatoms. The first-order chi connectivity index (χ1) is 12.6.